The van der Waals surface area contributed by atoms with E-state index in [1.54, 1.807) is 6.20 Å². The number of carbonyl (C=O) groups is 2. The van der Waals surface area contributed by atoms with Gasteiger partial charge in [0.15, 0.2) is 6.61 Å². The highest BCUT2D eigenvalue weighted by molar-refractivity contribution is 5.87. The summed E-state index contributed by atoms with van der Waals surface area (Å²) in [5.74, 6) is -0.952. The summed E-state index contributed by atoms with van der Waals surface area (Å²) in [7, 11) is 1.25. The number of H-pyrrole nitrogens is 1. The minimum atomic E-state index is -0.902. The molecule has 0 aliphatic carbocycles. The first-order chi connectivity index (χ1) is 14.0. The van der Waals surface area contributed by atoms with Crippen molar-refractivity contribution in [2.75, 3.05) is 13.7 Å². The molecular formula is C20H19N3O6. The zero-order valence-corrected chi connectivity index (χ0v) is 15.6. The molecule has 9 heteroatoms. The van der Waals surface area contributed by atoms with Gasteiger partial charge in [-0.05, 0) is 17.7 Å². The number of ether oxygens (including phenoxy) is 2. The van der Waals surface area contributed by atoms with E-state index in [2.05, 4.69) is 10.3 Å². The Bertz CT molecular complexity index is 1050. The molecule has 29 heavy (non-hydrogen) atoms. The van der Waals surface area contributed by atoms with Crippen LogP contribution in [-0.4, -0.2) is 41.5 Å². The number of hydrogen-bond acceptors (Lipinski definition) is 6. The van der Waals surface area contributed by atoms with E-state index < -0.39 is 29.4 Å². The molecule has 1 amide bonds. The lowest BCUT2D eigenvalue weighted by Crippen LogP contribution is -2.44. The molecule has 1 aromatic heterocycles. The van der Waals surface area contributed by atoms with Crippen molar-refractivity contribution in [1.82, 2.24) is 10.3 Å². The molecule has 0 saturated heterocycles. The maximum Gasteiger partial charge on any atom is 0.328 e. The topological polar surface area (TPSA) is 124 Å². The van der Waals surface area contributed by atoms with Gasteiger partial charge in [0.2, 0.25) is 0 Å². The third-order valence-electron chi connectivity index (χ3n) is 4.32. The number of benzene rings is 2. The van der Waals surface area contributed by atoms with Crippen molar-refractivity contribution in [2.45, 2.75) is 12.5 Å². The molecule has 0 radical (unpaired) electrons. The van der Waals surface area contributed by atoms with E-state index in [1.807, 2.05) is 24.3 Å². The molecule has 2 aromatic carbocycles. The van der Waals surface area contributed by atoms with Gasteiger partial charge in [-0.2, -0.15) is 0 Å². The SMILES string of the molecule is COC(=O)[C@@H](Cc1c[nH]c2ccccc12)NC(=O)COc1cccc([N+](=O)[O-])c1. The van der Waals surface area contributed by atoms with E-state index in [1.165, 1.54) is 31.4 Å². The fraction of sp³-hybridized carbons (Fsp3) is 0.200. The molecule has 2 N–H and O–H groups in total. The van der Waals surface area contributed by atoms with E-state index in [-0.39, 0.29) is 17.9 Å². The van der Waals surface area contributed by atoms with E-state index in [9.17, 15) is 19.7 Å². The number of nitrogens with zero attached hydrogens (tertiary/aromatic N) is 1. The van der Waals surface area contributed by atoms with Crippen LogP contribution in [0.3, 0.4) is 0 Å². The first-order valence-electron chi connectivity index (χ1n) is 8.77. The van der Waals surface area contributed by atoms with Crippen molar-refractivity contribution in [3.8, 4) is 5.75 Å². The number of nitro groups is 1. The number of amides is 1. The van der Waals surface area contributed by atoms with Crippen molar-refractivity contribution >= 4 is 28.5 Å². The molecule has 0 unspecified atom stereocenters. The van der Waals surface area contributed by atoms with Crippen LogP contribution in [0.1, 0.15) is 5.56 Å². The van der Waals surface area contributed by atoms with Gasteiger partial charge < -0.3 is 19.8 Å². The Kier molecular flexibility index (Phi) is 6.08. The van der Waals surface area contributed by atoms with Crippen molar-refractivity contribution in [1.29, 1.82) is 0 Å². The van der Waals surface area contributed by atoms with Crippen LogP contribution in [0.15, 0.2) is 54.7 Å². The number of nitro benzene ring substituents is 1. The maximum atomic E-state index is 12.3. The quantitative estimate of drug-likeness (QED) is 0.342. The summed E-state index contributed by atoms with van der Waals surface area (Å²) < 4.78 is 10.1. The van der Waals surface area contributed by atoms with E-state index in [0.717, 1.165) is 16.5 Å². The number of aromatic nitrogens is 1. The minimum Gasteiger partial charge on any atom is -0.484 e. The zero-order chi connectivity index (χ0) is 20.8. The van der Waals surface area contributed by atoms with Crippen molar-refractivity contribution < 1.29 is 24.0 Å². The summed E-state index contributed by atoms with van der Waals surface area (Å²) >= 11 is 0. The molecule has 0 aliphatic heterocycles. The fourth-order valence-electron chi connectivity index (χ4n) is 2.93. The van der Waals surface area contributed by atoms with Gasteiger partial charge in [-0.15, -0.1) is 0 Å². The molecule has 3 rings (SSSR count). The Morgan fingerprint density at radius 1 is 1.21 bits per heavy atom. The fourth-order valence-corrected chi connectivity index (χ4v) is 2.93. The Morgan fingerprint density at radius 2 is 2.00 bits per heavy atom. The third-order valence-corrected chi connectivity index (χ3v) is 4.32. The van der Waals surface area contributed by atoms with Gasteiger partial charge in [-0.3, -0.25) is 14.9 Å². The van der Waals surface area contributed by atoms with Gasteiger partial charge in [-0.1, -0.05) is 24.3 Å². The number of carbonyl (C=O) groups excluding carboxylic acids is 2. The molecule has 0 saturated carbocycles. The lowest BCUT2D eigenvalue weighted by molar-refractivity contribution is -0.384. The van der Waals surface area contributed by atoms with Gasteiger partial charge in [0.1, 0.15) is 11.8 Å². The Labute approximate surface area is 165 Å². The largest absolute Gasteiger partial charge is 0.484 e. The standard InChI is InChI=1S/C20H19N3O6/c1-28-20(25)18(9-13-11-21-17-8-3-2-7-16(13)17)22-19(24)12-29-15-6-4-5-14(10-15)23(26)27/h2-8,10-11,18,21H,9,12H2,1H3,(H,22,24)/t18-/m1/s1. The molecule has 3 aromatic rings. The summed E-state index contributed by atoms with van der Waals surface area (Å²) in [6, 6.07) is 12.2. The number of aromatic amines is 1. The second-order valence-electron chi connectivity index (χ2n) is 6.25. The van der Waals surface area contributed by atoms with Crippen molar-refractivity contribution in [3.05, 3.63) is 70.4 Å². The number of nitrogens with one attached hydrogen (secondary N) is 2. The van der Waals surface area contributed by atoms with E-state index in [0.29, 0.717) is 0 Å². The van der Waals surface area contributed by atoms with Gasteiger partial charge in [0, 0.05) is 29.6 Å². The predicted octanol–water partition coefficient (Wildman–Crippen LogP) is 2.36. The predicted molar refractivity (Wildman–Crippen MR) is 105 cm³/mol. The summed E-state index contributed by atoms with van der Waals surface area (Å²) in [5, 5.41) is 14.3. The van der Waals surface area contributed by atoms with Crippen LogP contribution >= 0.6 is 0 Å². The highest BCUT2D eigenvalue weighted by Crippen LogP contribution is 2.20. The van der Waals surface area contributed by atoms with Crippen LogP contribution in [0.25, 0.3) is 10.9 Å². The lowest BCUT2D eigenvalue weighted by Gasteiger charge is -2.16. The van der Waals surface area contributed by atoms with Gasteiger partial charge in [-0.25, -0.2) is 4.79 Å². The van der Waals surface area contributed by atoms with Gasteiger partial charge in [0.25, 0.3) is 11.6 Å². The summed E-state index contributed by atoms with van der Waals surface area (Å²) in [5.41, 5.74) is 1.64. The average Bonchev–Trinajstić information content (AvgIpc) is 3.14. The van der Waals surface area contributed by atoms with Crippen LogP contribution in [-0.2, 0) is 20.7 Å². The highest BCUT2D eigenvalue weighted by atomic mass is 16.6. The zero-order valence-electron chi connectivity index (χ0n) is 15.6. The van der Waals surface area contributed by atoms with Gasteiger partial charge >= 0.3 is 5.97 Å². The molecular weight excluding hydrogens is 378 g/mol. The smallest absolute Gasteiger partial charge is 0.328 e. The Balaban J connectivity index is 1.65. The lowest BCUT2D eigenvalue weighted by atomic mass is 10.0. The average molecular weight is 397 g/mol. The normalized spacial score (nSPS) is 11.6. The number of fused-ring (bicyclic) bond motifs is 1. The second kappa shape index (κ2) is 8.87. The summed E-state index contributed by atoms with van der Waals surface area (Å²) in [6.07, 6.45) is 2.02. The van der Waals surface area contributed by atoms with Gasteiger partial charge in [0.05, 0.1) is 18.1 Å². The number of hydrogen-bond donors (Lipinski definition) is 2. The molecule has 1 heterocycles. The molecule has 9 nitrogen and oxygen atoms in total. The number of non-ortho nitro benzene ring substituents is 1. The van der Waals surface area contributed by atoms with E-state index in [4.69, 9.17) is 9.47 Å². The van der Waals surface area contributed by atoms with Crippen LogP contribution in [0.5, 0.6) is 5.75 Å². The first-order valence-corrected chi connectivity index (χ1v) is 8.77. The van der Waals surface area contributed by atoms with Crippen LogP contribution < -0.4 is 10.1 Å². The third kappa shape index (κ3) is 4.89. The first kappa shape index (κ1) is 19.9. The molecule has 0 aliphatic rings. The minimum absolute atomic E-state index is 0.144. The Morgan fingerprint density at radius 3 is 2.76 bits per heavy atom. The molecule has 150 valence electrons. The molecule has 1 atom stereocenters. The summed E-state index contributed by atoms with van der Waals surface area (Å²) in [4.78, 5) is 37.8. The van der Waals surface area contributed by atoms with Crippen molar-refractivity contribution in [3.63, 3.8) is 0 Å². The second-order valence-corrected chi connectivity index (χ2v) is 6.25. The molecule has 0 bridgehead atoms. The highest BCUT2D eigenvalue weighted by Gasteiger charge is 2.23. The van der Waals surface area contributed by atoms with Crippen LogP contribution in [0.2, 0.25) is 0 Å². The number of methoxy groups -OCH3 is 1. The number of para-hydroxylation sites is 1. The Hall–Kier alpha value is -3.88. The van der Waals surface area contributed by atoms with E-state index >= 15 is 0 Å². The molecule has 0 fully saturated rings. The summed E-state index contributed by atoms with van der Waals surface area (Å²) in [6.45, 7) is -0.400. The maximum absolute atomic E-state index is 12.3. The van der Waals surface area contributed by atoms with Crippen LogP contribution in [0.4, 0.5) is 5.69 Å². The monoisotopic (exact) mass is 397 g/mol. The van der Waals surface area contributed by atoms with Crippen molar-refractivity contribution in [2.24, 2.45) is 0 Å². The number of esters is 1. The number of rotatable bonds is 8. The molecule has 0 spiro atoms. The van der Waals surface area contributed by atoms with Crippen LogP contribution in [0, 0.1) is 10.1 Å².